The van der Waals surface area contributed by atoms with Gasteiger partial charge in [-0.2, -0.15) is 0 Å². The summed E-state index contributed by atoms with van der Waals surface area (Å²) in [5.74, 6) is 0.231. The van der Waals surface area contributed by atoms with Crippen LogP contribution in [0.15, 0.2) is 57.7 Å². The van der Waals surface area contributed by atoms with Crippen molar-refractivity contribution in [3.63, 3.8) is 0 Å². The standard InChI is InChI=1S/C22H21NO5/c1-13(2)19-11-22(26)28-20-10-17(8-9-18(19)20)27-12-21(25)23-16-6-4-15(5-7-16)14(3)24/h4-11,13H,12H2,1-3H3,(H,23,25). The van der Waals surface area contributed by atoms with E-state index >= 15 is 0 Å². The zero-order valence-electron chi connectivity index (χ0n) is 15.9. The molecule has 0 saturated carbocycles. The van der Waals surface area contributed by atoms with E-state index in [1.165, 1.54) is 13.0 Å². The molecule has 0 unspecified atom stereocenters. The molecule has 0 radical (unpaired) electrons. The van der Waals surface area contributed by atoms with Gasteiger partial charge in [-0.1, -0.05) is 13.8 Å². The molecule has 0 aliphatic rings. The molecule has 0 bridgehead atoms. The van der Waals surface area contributed by atoms with Crippen LogP contribution in [0.5, 0.6) is 5.75 Å². The van der Waals surface area contributed by atoms with Crippen LogP contribution in [-0.4, -0.2) is 18.3 Å². The van der Waals surface area contributed by atoms with Gasteiger partial charge in [0.2, 0.25) is 0 Å². The second kappa shape index (κ2) is 8.08. The largest absolute Gasteiger partial charge is 0.484 e. The van der Waals surface area contributed by atoms with E-state index in [-0.39, 0.29) is 24.2 Å². The average molecular weight is 379 g/mol. The van der Waals surface area contributed by atoms with Crippen molar-refractivity contribution in [3.05, 3.63) is 70.1 Å². The highest BCUT2D eigenvalue weighted by Crippen LogP contribution is 2.27. The van der Waals surface area contributed by atoms with Crippen LogP contribution in [-0.2, 0) is 4.79 Å². The minimum atomic E-state index is -0.417. The van der Waals surface area contributed by atoms with Crippen LogP contribution in [0.2, 0.25) is 0 Å². The highest BCUT2D eigenvalue weighted by molar-refractivity contribution is 5.96. The molecule has 28 heavy (non-hydrogen) atoms. The van der Waals surface area contributed by atoms with Gasteiger partial charge in [0.05, 0.1) is 0 Å². The van der Waals surface area contributed by atoms with Crippen LogP contribution in [0, 0.1) is 0 Å². The number of hydrogen-bond donors (Lipinski definition) is 1. The topological polar surface area (TPSA) is 85.6 Å². The summed E-state index contributed by atoms with van der Waals surface area (Å²) in [6, 6.07) is 13.3. The molecule has 0 fully saturated rings. The van der Waals surface area contributed by atoms with Gasteiger partial charge in [0, 0.05) is 28.8 Å². The first-order chi connectivity index (χ1) is 13.3. The van der Waals surface area contributed by atoms with E-state index in [2.05, 4.69) is 5.32 Å². The Kier molecular flexibility index (Phi) is 5.59. The Labute approximate surface area is 162 Å². The van der Waals surface area contributed by atoms with Gasteiger partial charge >= 0.3 is 5.63 Å². The number of rotatable bonds is 6. The van der Waals surface area contributed by atoms with Crippen LogP contribution in [0.3, 0.4) is 0 Å². The Morgan fingerprint density at radius 2 is 1.79 bits per heavy atom. The molecule has 1 amide bonds. The molecule has 0 aliphatic carbocycles. The minimum Gasteiger partial charge on any atom is -0.484 e. The third-order valence-corrected chi connectivity index (χ3v) is 4.32. The van der Waals surface area contributed by atoms with Gasteiger partial charge < -0.3 is 14.5 Å². The van der Waals surface area contributed by atoms with E-state index in [1.807, 2.05) is 19.9 Å². The van der Waals surface area contributed by atoms with E-state index in [4.69, 9.17) is 9.15 Å². The molecule has 6 heteroatoms. The SMILES string of the molecule is CC(=O)c1ccc(NC(=O)COc2ccc3c(C(C)C)cc(=O)oc3c2)cc1. The molecular formula is C22H21NO5. The summed E-state index contributed by atoms with van der Waals surface area (Å²) >= 11 is 0. The molecule has 0 saturated heterocycles. The van der Waals surface area contributed by atoms with Crippen molar-refractivity contribution >= 4 is 28.3 Å². The zero-order chi connectivity index (χ0) is 20.3. The van der Waals surface area contributed by atoms with E-state index in [9.17, 15) is 14.4 Å². The summed E-state index contributed by atoms with van der Waals surface area (Å²) in [5, 5.41) is 3.54. The van der Waals surface area contributed by atoms with Crippen LogP contribution in [0.1, 0.15) is 42.6 Å². The van der Waals surface area contributed by atoms with Gasteiger partial charge in [0.15, 0.2) is 12.4 Å². The first-order valence-electron chi connectivity index (χ1n) is 8.95. The molecule has 3 aromatic rings. The van der Waals surface area contributed by atoms with Crippen LogP contribution < -0.4 is 15.7 Å². The van der Waals surface area contributed by atoms with E-state index in [1.54, 1.807) is 36.4 Å². The lowest BCUT2D eigenvalue weighted by Crippen LogP contribution is -2.20. The maximum atomic E-state index is 12.1. The Balaban J connectivity index is 1.68. The summed E-state index contributed by atoms with van der Waals surface area (Å²) in [7, 11) is 0. The molecule has 1 N–H and O–H groups in total. The van der Waals surface area contributed by atoms with Crippen molar-refractivity contribution in [2.75, 3.05) is 11.9 Å². The van der Waals surface area contributed by atoms with Crippen molar-refractivity contribution in [1.29, 1.82) is 0 Å². The lowest BCUT2D eigenvalue weighted by atomic mass is 10.00. The number of hydrogen-bond acceptors (Lipinski definition) is 5. The van der Waals surface area contributed by atoms with E-state index < -0.39 is 5.63 Å². The molecule has 3 rings (SSSR count). The van der Waals surface area contributed by atoms with Crippen molar-refractivity contribution < 1.29 is 18.7 Å². The van der Waals surface area contributed by atoms with Gasteiger partial charge in [0.25, 0.3) is 5.91 Å². The average Bonchev–Trinajstić information content (AvgIpc) is 2.65. The molecule has 2 aromatic carbocycles. The fourth-order valence-corrected chi connectivity index (χ4v) is 2.87. The molecule has 0 spiro atoms. The van der Waals surface area contributed by atoms with Crippen molar-refractivity contribution in [1.82, 2.24) is 0 Å². The van der Waals surface area contributed by atoms with Crippen molar-refractivity contribution in [3.8, 4) is 5.75 Å². The number of anilines is 1. The number of carbonyl (C=O) groups excluding carboxylic acids is 2. The third kappa shape index (κ3) is 4.46. The van der Waals surface area contributed by atoms with Crippen molar-refractivity contribution in [2.24, 2.45) is 0 Å². The van der Waals surface area contributed by atoms with E-state index in [0.29, 0.717) is 22.6 Å². The Hall–Kier alpha value is -3.41. The predicted octanol–water partition coefficient (Wildman–Crippen LogP) is 4.14. The molecular weight excluding hydrogens is 358 g/mol. The highest BCUT2D eigenvalue weighted by atomic mass is 16.5. The lowest BCUT2D eigenvalue weighted by Gasteiger charge is -2.11. The van der Waals surface area contributed by atoms with Crippen LogP contribution >= 0.6 is 0 Å². The number of ether oxygens (including phenoxy) is 1. The number of ketones is 1. The fourth-order valence-electron chi connectivity index (χ4n) is 2.87. The third-order valence-electron chi connectivity index (χ3n) is 4.32. The quantitative estimate of drug-likeness (QED) is 0.514. The molecule has 1 aromatic heterocycles. The predicted molar refractivity (Wildman–Crippen MR) is 107 cm³/mol. The summed E-state index contributed by atoms with van der Waals surface area (Å²) in [4.78, 5) is 35.1. The minimum absolute atomic E-state index is 0.0372. The number of fused-ring (bicyclic) bond motifs is 1. The number of Topliss-reactive ketones (excluding diaryl/α,β-unsaturated/α-hetero) is 1. The molecule has 1 heterocycles. The summed E-state index contributed by atoms with van der Waals surface area (Å²) in [5.41, 5.74) is 2.07. The van der Waals surface area contributed by atoms with Gasteiger partial charge in [-0.3, -0.25) is 9.59 Å². The lowest BCUT2D eigenvalue weighted by molar-refractivity contribution is -0.118. The second-order valence-corrected chi connectivity index (χ2v) is 6.80. The second-order valence-electron chi connectivity index (χ2n) is 6.80. The maximum absolute atomic E-state index is 12.1. The smallest absolute Gasteiger partial charge is 0.336 e. The van der Waals surface area contributed by atoms with Gasteiger partial charge in [0.1, 0.15) is 11.3 Å². The molecule has 6 nitrogen and oxygen atoms in total. The molecule has 0 aliphatic heterocycles. The van der Waals surface area contributed by atoms with Crippen LogP contribution in [0.4, 0.5) is 5.69 Å². The monoisotopic (exact) mass is 379 g/mol. The van der Waals surface area contributed by atoms with Gasteiger partial charge in [-0.25, -0.2) is 4.79 Å². The first-order valence-corrected chi connectivity index (χ1v) is 8.95. The maximum Gasteiger partial charge on any atom is 0.336 e. The number of nitrogens with one attached hydrogen (secondary N) is 1. The summed E-state index contributed by atoms with van der Waals surface area (Å²) < 4.78 is 10.8. The van der Waals surface area contributed by atoms with Crippen molar-refractivity contribution in [2.45, 2.75) is 26.7 Å². The number of amides is 1. The Bertz CT molecular complexity index is 1080. The summed E-state index contributed by atoms with van der Waals surface area (Å²) in [6.45, 7) is 5.29. The number of carbonyl (C=O) groups is 2. The van der Waals surface area contributed by atoms with Crippen LogP contribution in [0.25, 0.3) is 11.0 Å². The molecule has 144 valence electrons. The van der Waals surface area contributed by atoms with Gasteiger partial charge in [-0.05, 0) is 54.8 Å². The van der Waals surface area contributed by atoms with Gasteiger partial charge in [-0.15, -0.1) is 0 Å². The first kappa shape index (κ1) is 19.4. The Morgan fingerprint density at radius 1 is 1.07 bits per heavy atom. The van der Waals surface area contributed by atoms with E-state index in [0.717, 1.165) is 10.9 Å². The normalized spacial score (nSPS) is 10.9. The summed E-state index contributed by atoms with van der Waals surface area (Å²) in [6.07, 6.45) is 0. The zero-order valence-corrected chi connectivity index (χ0v) is 15.9. The number of benzene rings is 2. The fraction of sp³-hybridized carbons (Fsp3) is 0.227. The Morgan fingerprint density at radius 3 is 2.43 bits per heavy atom. The highest BCUT2D eigenvalue weighted by Gasteiger charge is 2.11. The molecule has 0 atom stereocenters.